The number of nitrogens with one attached hydrogen (secondary N) is 1. The van der Waals surface area contributed by atoms with Crippen molar-refractivity contribution in [2.45, 2.75) is 37.1 Å². The summed E-state index contributed by atoms with van der Waals surface area (Å²) in [5, 5.41) is 11.7. The summed E-state index contributed by atoms with van der Waals surface area (Å²) >= 11 is 1.67. The zero-order valence-corrected chi connectivity index (χ0v) is 16.1. The Morgan fingerprint density at radius 2 is 2.22 bits per heavy atom. The minimum absolute atomic E-state index is 0.144. The predicted octanol–water partition coefficient (Wildman–Crippen LogP) is 2.19. The third-order valence-electron chi connectivity index (χ3n) is 4.89. The number of furan rings is 1. The molecule has 3 aromatic rings. The van der Waals surface area contributed by atoms with Crippen LogP contribution in [0.3, 0.4) is 0 Å². The van der Waals surface area contributed by atoms with E-state index in [9.17, 15) is 4.79 Å². The van der Waals surface area contributed by atoms with E-state index in [1.165, 1.54) is 0 Å². The van der Waals surface area contributed by atoms with Crippen molar-refractivity contribution >= 4 is 17.7 Å². The van der Waals surface area contributed by atoms with Gasteiger partial charge in [0.05, 0.1) is 18.6 Å². The van der Waals surface area contributed by atoms with E-state index in [2.05, 4.69) is 20.5 Å². The third kappa shape index (κ3) is 3.78. The molecule has 1 saturated carbocycles. The largest absolute Gasteiger partial charge is 0.455 e. The minimum atomic E-state index is -0.149. The zero-order chi connectivity index (χ0) is 18.8. The summed E-state index contributed by atoms with van der Waals surface area (Å²) in [7, 11) is 1.99. The number of hydrogen-bond acceptors (Lipinski definition) is 6. The van der Waals surface area contributed by atoms with Crippen molar-refractivity contribution in [3.05, 3.63) is 54.0 Å². The van der Waals surface area contributed by atoms with E-state index in [1.807, 2.05) is 34.7 Å². The lowest BCUT2D eigenvalue weighted by Gasteiger charge is -2.34. The lowest BCUT2D eigenvalue weighted by Crippen LogP contribution is -2.43. The fourth-order valence-electron chi connectivity index (χ4n) is 3.33. The van der Waals surface area contributed by atoms with Crippen LogP contribution in [0, 0.1) is 0 Å². The SMILES string of the molecule is CSCc1ccc(C(=O)NC2CC(c3nnc(Cn4ccnc4)n3C)C2)o1. The maximum Gasteiger partial charge on any atom is 0.287 e. The number of carbonyl (C=O) groups is 1. The predicted molar refractivity (Wildman–Crippen MR) is 101 cm³/mol. The van der Waals surface area contributed by atoms with Gasteiger partial charge < -0.3 is 18.9 Å². The van der Waals surface area contributed by atoms with Crippen LogP contribution in [0.5, 0.6) is 0 Å². The van der Waals surface area contributed by atoms with Crippen LogP contribution in [0.2, 0.25) is 0 Å². The highest BCUT2D eigenvalue weighted by molar-refractivity contribution is 7.97. The van der Waals surface area contributed by atoms with Gasteiger partial charge in [0.15, 0.2) is 11.6 Å². The molecule has 0 unspecified atom stereocenters. The molecule has 0 radical (unpaired) electrons. The van der Waals surface area contributed by atoms with Crippen molar-refractivity contribution in [3.8, 4) is 0 Å². The first-order valence-electron chi connectivity index (χ1n) is 8.86. The van der Waals surface area contributed by atoms with Gasteiger partial charge in [0, 0.05) is 31.4 Å². The standard InChI is InChI=1S/C18H22N6O2S/c1-23-16(9-24-6-5-19-11-24)21-22-17(23)12-7-13(8-12)20-18(25)15-4-3-14(26-15)10-27-2/h3-6,11-13H,7-10H2,1-2H3,(H,20,25). The normalized spacial score (nSPS) is 19.0. The van der Waals surface area contributed by atoms with Crippen molar-refractivity contribution in [3.63, 3.8) is 0 Å². The van der Waals surface area contributed by atoms with Crippen LogP contribution in [0.15, 0.2) is 35.3 Å². The van der Waals surface area contributed by atoms with Gasteiger partial charge in [-0.15, -0.1) is 10.2 Å². The van der Waals surface area contributed by atoms with Crippen LogP contribution in [0.4, 0.5) is 0 Å². The Labute approximate surface area is 161 Å². The Morgan fingerprint density at radius 3 is 2.96 bits per heavy atom. The topological polar surface area (TPSA) is 90.8 Å². The first-order valence-corrected chi connectivity index (χ1v) is 10.3. The van der Waals surface area contributed by atoms with Crippen LogP contribution in [-0.4, -0.2) is 42.5 Å². The fourth-order valence-corrected chi connectivity index (χ4v) is 3.77. The monoisotopic (exact) mass is 386 g/mol. The first-order chi connectivity index (χ1) is 13.1. The van der Waals surface area contributed by atoms with Crippen LogP contribution in [0.25, 0.3) is 0 Å². The summed E-state index contributed by atoms with van der Waals surface area (Å²) in [4.78, 5) is 16.4. The number of aromatic nitrogens is 5. The molecule has 3 aromatic heterocycles. The maximum absolute atomic E-state index is 12.3. The molecule has 1 aliphatic carbocycles. The van der Waals surface area contributed by atoms with Gasteiger partial charge in [-0.25, -0.2) is 4.98 Å². The van der Waals surface area contributed by atoms with E-state index in [4.69, 9.17) is 4.42 Å². The van der Waals surface area contributed by atoms with E-state index in [0.29, 0.717) is 18.2 Å². The highest BCUT2D eigenvalue weighted by Crippen LogP contribution is 2.36. The molecule has 0 aliphatic heterocycles. The summed E-state index contributed by atoms with van der Waals surface area (Å²) in [5.41, 5.74) is 0. The summed E-state index contributed by atoms with van der Waals surface area (Å²) in [6.07, 6.45) is 9.15. The Morgan fingerprint density at radius 1 is 1.37 bits per heavy atom. The molecule has 4 rings (SSSR count). The molecule has 27 heavy (non-hydrogen) atoms. The number of carbonyl (C=O) groups excluding carboxylic acids is 1. The van der Waals surface area contributed by atoms with Gasteiger partial charge in [-0.3, -0.25) is 4.79 Å². The summed E-state index contributed by atoms with van der Waals surface area (Å²) in [6, 6.07) is 3.74. The molecule has 8 nitrogen and oxygen atoms in total. The summed E-state index contributed by atoms with van der Waals surface area (Å²) in [5.74, 6) is 4.00. The molecule has 0 aromatic carbocycles. The number of thioether (sulfide) groups is 1. The molecule has 1 amide bonds. The first kappa shape index (κ1) is 17.8. The van der Waals surface area contributed by atoms with E-state index in [-0.39, 0.29) is 11.9 Å². The van der Waals surface area contributed by atoms with Gasteiger partial charge in [0.2, 0.25) is 0 Å². The zero-order valence-electron chi connectivity index (χ0n) is 15.3. The van der Waals surface area contributed by atoms with Crippen molar-refractivity contribution in [2.75, 3.05) is 6.26 Å². The second kappa shape index (κ2) is 7.59. The highest BCUT2D eigenvalue weighted by atomic mass is 32.2. The Balaban J connectivity index is 1.31. The van der Waals surface area contributed by atoms with Crippen LogP contribution in [-0.2, 0) is 19.3 Å². The van der Waals surface area contributed by atoms with Gasteiger partial charge in [-0.2, -0.15) is 11.8 Å². The van der Waals surface area contributed by atoms with Crippen LogP contribution < -0.4 is 5.32 Å². The highest BCUT2D eigenvalue weighted by Gasteiger charge is 2.35. The molecular formula is C18H22N6O2S. The van der Waals surface area contributed by atoms with Gasteiger partial charge in [0.25, 0.3) is 5.91 Å². The van der Waals surface area contributed by atoms with Crippen molar-refractivity contribution in [1.82, 2.24) is 29.6 Å². The molecule has 1 aliphatic rings. The summed E-state index contributed by atoms with van der Waals surface area (Å²) in [6.45, 7) is 0.646. The molecule has 0 atom stereocenters. The van der Waals surface area contributed by atoms with E-state index >= 15 is 0 Å². The average molecular weight is 386 g/mol. The molecule has 0 saturated heterocycles. The number of imidazole rings is 1. The van der Waals surface area contributed by atoms with Crippen LogP contribution in [0.1, 0.15) is 46.7 Å². The van der Waals surface area contributed by atoms with E-state index < -0.39 is 0 Å². The van der Waals surface area contributed by atoms with E-state index in [0.717, 1.165) is 36.0 Å². The second-order valence-corrected chi connectivity index (χ2v) is 7.67. The molecule has 142 valence electrons. The van der Waals surface area contributed by atoms with Crippen molar-refractivity contribution in [1.29, 1.82) is 0 Å². The molecule has 0 bridgehead atoms. The second-order valence-electron chi connectivity index (χ2n) is 6.81. The molecule has 1 N–H and O–H groups in total. The van der Waals surface area contributed by atoms with Crippen LogP contribution >= 0.6 is 11.8 Å². The quantitative estimate of drug-likeness (QED) is 0.669. The minimum Gasteiger partial charge on any atom is -0.455 e. The lowest BCUT2D eigenvalue weighted by molar-refractivity contribution is 0.0877. The average Bonchev–Trinajstić information content (AvgIpc) is 3.35. The number of amides is 1. The van der Waals surface area contributed by atoms with Crippen molar-refractivity contribution in [2.24, 2.45) is 7.05 Å². The molecule has 3 heterocycles. The van der Waals surface area contributed by atoms with Gasteiger partial charge in [-0.05, 0) is 31.2 Å². The Kier molecular flexibility index (Phi) is 5.02. The third-order valence-corrected chi connectivity index (χ3v) is 5.47. The molecular weight excluding hydrogens is 364 g/mol. The Bertz CT molecular complexity index is 910. The maximum atomic E-state index is 12.3. The van der Waals surface area contributed by atoms with Gasteiger partial charge in [0.1, 0.15) is 11.6 Å². The molecule has 1 fully saturated rings. The number of nitrogens with zero attached hydrogens (tertiary/aromatic N) is 5. The van der Waals surface area contributed by atoms with Gasteiger partial charge in [-0.1, -0.05) is 0 Å². The fraction of sp³-hybridized carbons (Fsp3) is 0.444. The Hall–Kier alpha value is -2.55. The van der Waals surface area contributed by atoms with Gasteiger partial charge >= 0.3 is 0 Å². The van der Waals surface area contributed by atoms with Crippen molar-refractivity contribution < 1.29 is 9.21 Å². The molecule has 0 spiro atoms. The summed E-state index contributed by atoms with van der Waals surface area (Å²) < 4.78 is 9.58. The molecule has 9 heteroatoms. The number of hydrogen-bond donors (Lipinski definition) is 1. The number of rotatable bonds is 7. The lowest BCUT2D eigenvalue weighted by atomic mass is 9.79. The van der Waals surface area contributed by atoms with E-state index in [1.54, 1.807) is 30.4 Å². The smallest absolute Gasteiger partial charge is 0.287 e.